The number of fused-ring (bicyclic) bond motifs is 1. The van der Waals surface area contributed by atoms with Crippen molar-refractivity contribution in [1.82, 2.24) is 9.80 Å². The highest BCUT2D eigenvalue weighted by atomic mass is 16.5. The van der Waals surface area contributed by atoms with E-state index in [1.165, 1.54) is 11.8 Å². The van der Waals surface area contributed by atoms with E-state index in [1.807, 2.05) is 30.3 Å². The van der Waals surface area contributed by atoms with Crippen LogP contribution in [0.15, 0.2) is 30.3 Å². The van der Waals surface area contributed by atoms with Gasteiger partial charge in [-0.2, -0.15) is 0 Å². The van der Waals surface area contributed by atoms with Crippen molar-refractivity contribution in [3.05, 3.63) is 35.9 Å². The minimum atomic E-state index is -0.990. The average molecular weight is 386 g/mol. The van der Waals surface area contributed by atoms with Gasteiger partial charge >= 0.3 is 5.97 Å². The summed E-state index contributed by atoms with van der Waals surface area (Å²) in [5, 5.41) is 0. The van der Waals surface area contributed by atoms with Gasteiger partial charge in [-0.05, 0) is 25.3 Å². The Kier molecular flexibility index (Phi) is 6.11. The van der Waals surface area contributed by atoms with E-state index in [1.54, 1.807) is 7.05 Å². The zero-order chi connectivity index (χ0) is 20.3. The molecule has 2 aliphatic rings. The van der Waals surface area contributed by atoms with Crippen LogP contribution in [0.3, 0.4) is 0 Å². The lowest BCUT2D eigenvalue weighted by Gasteiger charge is -2.22. The molecule has 150 valence electrons. The van der Waals surface area contributed by atoms with Gasteiger partial charge < -0.3 is 9.64 Å². The molecule has 28 heavy (non-hydrogen) atoms. The molecule has 1 saturated heterocycles. The minimum absolute atomic E-state index is 0.285. The van der Waals surface area contributed by atoms with E-state index in [2.05, 4.69) is 0 Å². The summed E-state index contributed by atoms with van der Waals surface area (Å²) in [6.45, 7) is 1.47. The van der Waals surface area contributed by atoms with E-state index in [0.29, 0.717) is 19.4 Å². The van der Waals surface area contributed by atoms with E-state index >= 15 is 0 Å². The first-order valence-electron chi connectivity index (χ1n) is 9.72. The van der Waals surface area contributed by atoms with Crippen molar-refractivity contribution >= 4 is 23.7 Å². The summed E-state index contributed by atoms with van der Waals surface area (Å²) in [4.78, 5) is 52.1. The van der Waals surface area contributed by atoms with E-state index < -0.39 is 18.6 Å². The Balaban J connectivity index is 1.53. The number of benzene rings is 1. The van der Waals surface area contributed by atoms with Crippen LogP contribution in [-0.2, 0) is 30.5 Å². The standard InChI is InChI=1S/C21H26N2O5/c1-14(19(25)22(2)12-15-8-4-3-5-9-15)28-18(24)13-23-20(26)16-10-6-7-11-17(16)21(23)27/h3-5,8-9,14,16-17H,6-7,10-13H2,1-2H3. The maximum Gasteiger partial charge on any atom is 0.326 e. The predicted octanol–water partition coefficient (Wildman–Crippen LogP) is 1.75. The molecule has 1 heterocycles. The number of likely N-dealkylation sites (N-methyl/N-ethyl adjacent to an activating group) is 1. The fourth-order valence-corrected chi connectivity index (χ4v) is 4.05. The summed E-state index contributed by atoms with van der Waals surface area (Å²) < 4.78 is 5.21. The molecule has 3 atom stereocenters. The van der Waals surface area contributed by atoms with Crippen molar-refractivity contribution in [2.45, 2.75) is 45.3 Å². The normalized spacial score (nSPS) is 22.6. The fourth-order valence-electron chi connectivity index (χ4n) is 4.05. The fraction of sp³-hybridized carbons (Fsp3) is 0.524. The molecule has 2 fully saturated rings. The molecule has 0 bridgehead atoms. The molecule has 1 aromatic rings. The van der Waals surface area contributed by atoms with Gasteiger partial charge in [0.15, 0.2) is 6.10 Å². The van der Waals surface area contributed by atoms with Crippen LogP contribution < -0.4 is 0 Å². The topological polar surface area (TPSA) is 84.0 Å². The summed E-state index contributed by atoms with van der Waals surface area (Å²) in [5.74, 6) is -2.26. The van der Waals surface area contributed by atoms with Gasteiger partial charge in [0.25, 0.3) is 5.91 Å². The molecular formula is C21H26N2O5. The quantitative estimate of drug-likeness (QED) is 0.549. The van der Waals surface area contributed by atoms with Gasteiger partial charge in [0.05, 0.1) is 11.8 Å². The lowest BCUT2D eigenvalue weighted by atomic mass is 9.81. The third-order valence-corrected chi connectivity index (χ3v) is 5.51. The molecule has 1 aromatic carbocycles. The monoisotopic (exact) mass is 386 g/mol. The SMILES string of the molecule is CC(OC(=O)CN1C(=O)C2CCCCC2C1=O)C(=O)N(C)Cc1ccccc1. The zero-order valence-corrected chi connectivity index (χ0v) is 16.3. The highest BCUT2D eigenvalue weighted by molar-refractivity contribution is 6.07. The van der Waals surface area contributed by atoms with Crippen molar-refractivity contribution in [1.29, 1.82) is 0 Å². The summed E-state index contributed by atoms with van der Waals surface area (Å²) >= 11 is 0. The maximum absolute atomic E-state index is 12.5. The lowest BCUT2D eigenvalue weighted by molar-refractivity contribution is -0.162. The molecular weight excluding hydrogens is 360 g/mol. The molecule has 1 saturated carbocycles. The number of ether oxygens (including phenoxy) is 1. The Hall–Kier alpha value is -2.70. The first kappa shape index (κ1) is 20.0. The Labute approximate surface area is 164 Å². The Morgan fingerprint density at radius 2 is 1.68 bits per heavy atom. The van der Waals surface area contributed by atoms with Crippen LogP contribution in [0.4, 0.5) is 0 Å². The smallest absolute Gasteiger partial charge is 0.326 e. The average Bonchev–Trinajstić information content (AvgIpc) is 2.93. The molecule has 7 nitrogen and oxygen atoms in total. The number of likely N-dealkylation sites (tertiary alicyclic amines) is 1. The zero-order valence-electron chi connectivity index (χ0n) is 16.3. The number of hydrogen-bond acceptors (Lipinski definition) is 5. The van der Waals surface area contributed by atoms with Crippen LogP contribution in [-0.4, -0.2) is 53.2 Å². The number of rotatable bonds is 6. The van der Waals surface area contributed by atoms with Crippen LogP contribution in [0.2, 0.25) is 0 Å². The summed E-state index contributed by atoms with van der Waals surface area (Å²) in [5.41, 5.74) is 0.966. The minimum Gasteiger partial charge on any atom is -0.451 e. The summed E-state index contributed by atoms with van der Waals surface area (Å²) in [7, 11) is 1.64. The number of imide groups is 1. The van der Waals surface area contributed by atoms with Crippen LogP contribution in [0.25, 0.3) is 0 Å². The first-order valence-corrected chi connectivity index (χ1v) is 9.72. The molecule has 3 rings (SSSR count). The molecule has 3 amide bonds. The Bertz CT molecular complexity index is 739. The molecule has 0 N–H and O–H groups in total. The predicted molar refractivity (Wildman–Crippen MR) is 101 cm³/mol. The van der Waals surface area contributed by atoms with Gasteiger partial charge in [-0.3, -0.25) is 24.1 Å². The van der Waals surface area contributed by atoms with E-state index in [9.17, 15) is 19.2 Å². The highest BCUT2D eigenvalue weighted by Crippen LogP contribution is 2.37. The molecule has 1 aliphatic heterocycles. The molecule has 1 aliphatic carbocycles. The van der Waals surface area contributed by atoms with Crippen LogP contribution in [0, 0.1) is 11.8 Å². The second-order valence-electron chi connectivity index (χ2n) is 7.57. The number of esters is 1. The molecule has 0 spiro atoms. The molecule has 3 unspecified atom stereocenters. The Morgan fingerprint density at radius 3 is 2.25 bits per heavy atom. The number of hydrogen-bond donors (Lipinski definition) is 0. The van der Waals surface area contributed by atoms with E-state index in [-0.39, 0.29) is 29.6 Å². The number of nitrogens with zero attached hydrogens (tertiary/aromatic N) is 2. The molecule has 0 aromatic heterocycles. The van der Waals surface area contributed by atoms with Gasteiger partial charge in [0.2, 0.25) is 11.8 Å². The van der Waals surface area contributed by atoms with Crippen molar-refractivity contribution in [3.63, 3.8) is 0 Å². The third-order valence-electron chi connectivity index (χ3n) is 5.51. The van der Waals surface area contributed by atoms with Crippen molar-refractivity contribution < 1.29 is 23.9 Å². The second kappa shape index (κ2) is 8.54. The maximum atomic E-state index is 12.5. The highest BCUT2D eigenvalue weighted by Gasteiger charge is 2.48. The van der Waals surface area contributed by atoms with E-state index in [4.69, 9.17) is 4.74 Å². The number of carbonyl (C=O) groups excluding carboxylic acids is 4. The van der Waals surface area contributed by atoms with E-state index in [0.717, 1.165) is 23.3 Å². The van der Waals surface area contributed by atoms with Crippen molar-refractivity contribution in [2.24, 2.45) is 11.8 Å². The largest absolute Gasteiger partial charge is 0.451 e. The third kappa shape index (κ3) is 4.24. The summed E-state index contributed by atoms with van der Waals surface area (Å²) in [6.07, 6.45) is 2.26. The van der Waals surface area contributed by atoms with Gasteiger partial charge in [0.1, 0.15) is 6.54 Å². The lowest BCUT2D eigenvalue weighted by Crippen LogP contribution is -2.41. The molecule has 7 heteroatoms. The Morgan fingerprint density at radius 1 is 1.11 bits per heavy atom. The van der Waals surface area contributed by atoms with Gasteiger partial charge in [-0.15, -0.1) is 0 Å². The second-order valence-corrected chi connectivity index (χ2v) is 7.57. The van der Waals surface area contributed by atoms with Gasteiger partial charge in [0, 0.05) is 13.6 Å². The van der Waals surface area contributed by atoms with Gasteiger partial charge in [-0.25, -0.2) is 0 Å². The van der Waals surface area contributed by atoms with Crippen LogP contribution in [0.5, 0.6) is 0 Å². The van der Waals surface area contributed by atoms with Gasteiger partial charge in [-0.1, -0.05) is 43.2 Å². The van der Waals surface area contributed by atoms with Crippen molar-refractivity contribution in [3.8, 4) is 0 Å². The van der Waals surface area contributed by atoms with Crippen LogP contribution >= 0.6 is 0 Å². The number of carbonyl (C=O) groups is 4. The number of amides is 3. The van der Waals surface area contributed by atoms with Crippen LogP contribution in [0.1, 0.15) is 38.2 Å². The summed E-state index contributed by atoms with van der Waals surface area (Å²) in [6, 6.07) is 9.49. The first-order chi connectivity index (χ1) is 13.4. The van der Waals surface area contributed by atoms with Crippen molar-refractivity contribution in [2.75, 3.05) is 13.6 Å². The molecule has 0 radical (unpaired) electrons.